The summed E-state index contributed by atoms with van der Waals surface area (Å²) < 4.78 is 0. The standard InChI is InChI=1S/C17H29N3/c1-5-7-13-20(4)17(18-6-2)19-14-15(3)16-11-9-8-10-12-16/h8-12,15H,5-7,13-14H2,1-4H3,(H,18,19). The van der Waals surface area contributed by atoms with Gasteiger partial charge >= 0.3 is 0 Å². The van der Waals surface area contributed by atoms with Crippen molar-refractivity contribution in [2.45, 2.75) is 39.5 Å². The van der Waals surface area contributed by atoms with Crippen LogP contribution >= 0.6 is 0 Å². The van der Waals surface area contributed by atoms with Crippen molar-refractivity contribution in [3.63, 3.8) is 0 Å². The molecule has 0 amide bonds. The second kappa shape index (κ2) is 9.40. The number of hydrogen-bond acceptors (Lipinski definition) is 1. The highest BCUT2D eigenvalue weighted by atomic mass is 15.3. The van der Waals surface area contributed by atoms with E-state index in [1.54, 1.807) is 0 Å². The van der Waals surface area contributed by atoms with Crippen molar-refractivity contribution in [2.24, 2.45) is 4.99 Å². The van der Waals surface area contributed by atoms with Crippen molar-refractivity contribution in [3.8, 4) is 0 Å². The van der Waals surface area contributed by atoms with Crippen LogP contribution in [0.1, 0.15) is 45.1 Å². The van der Waals surface area contributed by atoms with E-state index in [-0.39, 0.29) is 0 Å². The molecular formula is C17H29N3. The molecule has 0 spiro atoms. The molecule has 3 heteroatoms. The van der Waals surface area contributed by atoms with Crippen LogP contribution in [0.4, 0.5) is 0 Å². The summed E-state index contributed by atoms with van der Waals surface area (Å²) in [6, 6.07) is 10.6. The fraction of sp³-hybridized carbons (Fsp3) is 0.588. The molecular weight excluding hydrogens is 246 g/mol. The molecule has 1 atom stereocenters. The third kappa shape index (κ3) is 5.64. The van der Waals surface area contributed by atoms with E-state index in [4.69, 9.17) is 4.99 Å². The van der Waals surface area contributed by atoms with Gasteiger partial charge in [0.25, 0.3) is 0 Å². The van der Waals surface area contributed by atoms with Crippen LogP contribution in [0.15, 0.2) is 35.3 Å². The van der Waals surface area contributed by atoms with E-state index in [1.165, 1.54) is 18.4 Å². The molecule has 0 aliphatic carbocycles. The van der Waals surface area contributed by atoms with Gasteiger partial charge in [-0.3, -0.25) is 4.99 Å². The van der Waals surface area contributed by atoms with Gasteiger partial charge in [-0.05, 0) is 18.9 Å². The maximum atomic E-state index is 4.77. The molecule has 1 aromatic carbocycles. The zero-order valence-corrected chi connectivity index (χ0v) is 13.4. The number of rotatable bonds is 7. The molecule has 1 unspecified atom stereocenters. The molecule has 0 fully saturated rings. The first-order chi connectivity index (χ1) is 9.69. The van der Waals surface area contributed by atoms with E-state index in [9.17, 15) is 0 Å². The Morgan fingerprint density at radius 3 is 2.55 bits per heavy atom. The SMILES string of the molecule is CCCCN(C)C(=NCC(C)c1ccccc1)NCC. The second-order valence-corrected chi connectivity index (χ2v) is 5.28. The number of aliphatic imine (C=N–C) groups is 1. The van der Waals surface area contributed by atoms with Gasteiger partial charge < -0.3 is 10.2 Å². The Morgan fingerprint density at radius 1 is 1.25 bits per heavy atom. The van der Waals surface area contributed by atoms with Crippen LogP contribution in [0.5, 0.6) is 0 Å². The van der Waals surface area contributed by atoms with Gasteiger partial charge in [-0.1, -0.05) is 50.6 Å². The lowest BCUT2D eigenvalue weighted by Crippen LogP contribution is -2.39. The molecule has 0 saturated carbocycles. The summed E-state index contributed by atoms with van der Waals surface area (Å²) in [5, 5.41) is 3.37. The summed E-state index contributed by atoms with van der Waals surface area (Å²) in [6.07, 6.45) is 2.42. The zero-order chi connectivity index (χ0) is 14.8. The van der Waals surface area contributed by atoms with Crippen LogP contribution in [-0.2, 0) is 0 Å². The Kier molecular flexibility index (Phi) is 7.78. The largest absolute Gasteiger partial charge is 0.357 e. The predicted octanol–water partition coefficient (Wildman–Crippen LogP) is 3.49. The quantitative estimate of drug-likeness (QED) is 0.609. The van der Waals surface area contributed by atoms with E-state index in [0.29, 0.717) is 5.92 Å². The molecule has 3 nitrogen and oxygen atoms in total. The highest BCUT2D eigenvalue weighted by molar-refractivity contribution is 5.79. The van der Waals surface area contributed by atoms with Crippen molar-refractivity contribution in [3.05, 3.63) is 35.9 Å². The molecule has 0 bridgehead atoms. The average molecular weight is 275 g/mol. The summed E-state index contributed by atoms with van der Waals surface area (Å²) in [6.45, 7) is 9.35. The third-order valence-electron chi connectivity index (χ3n) is 3.43. The molecule has 1 aromatic rings. The van der Waals surface area contributed by atoms with Gasteiger partial charge in [0.05, 0.1) is 0 Å². The number of unbranched alkanes of at least 4 members (excludes halogenated alkanes) is 1. The summed E-state index contributed by atoms with van der Waals surface area (Å²) in [4.78, 5) is 7.00. The van der Waals surface area contributed by atoms with Gasteiger partial charge in [0.1, 0.15) is 0 Å². The number of nitrogens with zero attached hydrogens (tertiary/aromatic N) is 2. The molecule has 0 heterocycles. The smallest absolute Gasteiger partial charge is 0.193 e. The maximum absolute atomic E-state index is 4.77. The van der Waals surface area contributed by atoms with E-state index in [2.05, 4.69) is 68.4 Å². The molecule has 0 aliphatic rings. The Hall–Kier alpha value is -1.51. The molecule has 0 radical (unpaired) electrons. The zero-order valence-electron chi connectivity index (χ0n) is 13.4. The van der Waals surface area contributed by atoms with E-state index < -0.39 is 0 Å². The van der Waals surface area contributed by atoms with Crippen LogP contribution in [0, 0.1) is 0 Å². The summed E-state index contributed by atoms with van der Waals surface area (Å²) in [5.74, 6) is 1.47. The normalized spacial score (nSPS) is 13.1. The minimum atomic E-state index is 0.449. The minimum absolute atomic E-state index is 0.449. The number of benzene rings is 1. The fourth-order valence-electron chi connectivity index (χ4n) is 2.08. The summed E-state index contributed by atoms with van der Waals surface area (Å²) >= 11 is 0. The number of guanidine groups is 1. The lowest BCUT2D eigenvalue weighted by molar-refractivity contribution is 0.464. The first kappa shape index (κ1) is 16.5. The van der Waals surface area contributed by atoms with E-state index >= 15 is 0 Å². The van der Waals surface area contributed by atoms with Crippen molar-refractivity contribution in [1.82, 2.24) is 10.2 Å². The van der Waals surface area contributed by atoms with Gasteiger partial charge in [0.2, 0.25) is 0 Å². The van der Waals surface area contributed by atoms with Crippen molar-refractivity contribution < 1.29 is 0 Å². The van der Waals surface area contributed by atoms with Gasteiger partial charge in [-0.25, -0.2) is 0 Å². The van der Waals surface area contributed by atoms with Gasteiger partial charge in [0.15, 0.2) is 5.96 Å². The monoisotopic (exact) mass is 275 g/mol. The van der Waals surface area contributed by atoms with Gasteiger partial charge in [-0.15, -0.1) is 0 Å². The molecule has 1 N–H and O–H groups in total. The maximum Gasteiger partial charge on any atom is 0.193 e. The minimum Gasteiger partial charge on any atom is -0.357 e. The van der Waals surface area contributed by atoms with E-state index in [0.717, 1.165) is 25.6 Å². The summed E-state index contributed by atoms with van der Waals surface area (Å²) in [5.41, 5.74) is 1.35. The predicted molar refractivity (Wildman–Crippen MR) is 88.4 cm³/mol. The lowest BCUT2D eigenvalue weighted by atomic mass is 10.0. The van der Waals surface area contributed by atoms with Crippen molar-refractivity contribution in [1.29, 1.82) is 0 Å². The highest BCUT2D eigenvalue weighted by Gasteiger charge is 2.07. The highest BCUT2D eigenvalue weighted by Crippen LogP contribution is 2.14. The fourth-order valence-corrected chi connectivity index (χ4v) is 2.08. The molecule has 1 rings (SSSR count). The third-order valence-corrected chi connectivity index (χ3v) is 3.43. The molecule has 112 valence electrons. The lowest BCUT2D eigenvalue weighted by Gasteiger charge is -2.22. The van der Waals surface area contributed by atoms with Crippen LogP contribution in [-0.4, -0.2) is 37.5 Å². The second-order valence-electron chi connectivity index (χ2n) is 5.28. The Labute approximate surface area is 124 Å². The molecule has 0 aromatic heterocycles. The molecule has 20 heavy (non-hydrogen) atoms. The molecule has 0 aliphatic heterocycles. The van der Waals surface area contributed by atoms with Gasteiger partial charge in [-0.2, -0.15) is 0 Å². The van der Waals surface area contributed by atoms with Crippen LogP contribution in [0.25, 0.3) is 0 Å². The van der Waals surface area contributed by atoms with Crippen LogP contribution in [0.2, 0.25) is 0 Å². The topological polar surface area (TPSA) is 27.6 Å². The molecule has 0 saturated heterocycles. The average Bonchev–Trinajstić information content (AvgIpc) is 2.49. The van der Waals surface area contributed by atoms with E-state index in [1.807, 2.05) is 0 Å². The van der Waals surface area contributed by atoms with Crippen LogP contribution < -0.4 is 5.32 Å². The summed E-state index contributed by atoms with van der Waals surface area (Å²) in [7, 11) is 2.12. The Morgan fingerprint density at radius 2 is 1.95 bits per heavy atom. The van der Waals surface area contributed by atoms with Crippen molar-refractivity contribution in [2.75, 3.05) is 26.7 Å². The number of nitrogens with one attached hydrogen (secondary N) is 1. The Bertz CT molecular complexity index is 386. The first-order valence-corrected chi connectivity index (χ1v) is 7.73. The first-order valence-electron chi connectivity index (χ1n) is 7.73. The Balaban J connectivity index is 2.62. The van der Waals surface area contributed by atoms with Crippen molar-refractivity contribution >= 4 is 5.96 Å². The number of hydrogen-bond donors (Lipinski definition) is 1. The van der Waals surface area contributed by atoms with Crippen LogP contribution in [0.3, 0.4) is 0 Å². The van der Waals surface area contributed by atoms with Gasteiger partial charge in [0, 0.05) is 32.6 Å².